The zero-order valence-corrected chi connectivity index (χ0v) is 9.47. The van der Waals surface area contributed by atoms with Crippen molar-refractivity contribution in [3.63, 3.8) is 0 Å². The fourth-order valence-electron chi connectivity index (χ4n) is 0.733. The molecule has 0 fully saturated rings. The van der Waals surface area contributed by atoms with Crippen LogP contribution in [0.4, 0.5) is 0 Å². The third-order valence-electron chi connectivity index (χ3n) is 1.57. The Balaban J connectivity index is 0.000000241. The Morgan fingerprint density at radius 3 is 2.21 bits per heavy atom. The Morgan fingerprint density at radius 2 is 2.14 bits per heavy atom. The average Bonchev–Trinajstić information content (AvgIpc) is 2.35. The van der Waals surface area contributed by atoms with Crippen LogP contribution < -0.4 is 4.57 Å². The van der Waals surface area contributed by atoms with E-state index in [2.05, 4.69) is 4.98 Å². The summed E-state index contributed by atoms with van der Waals surface area (Å²) in [5.41, 5.74) is 0. The van der Waals surface area contributed by atoms with Gasteiger partial charge >= 0.3 is 0 Å². The first-order valence-corrected chi connectivity index (χ1v) is 5.87. The topological polar surface area (TPSA) is 76.9 Å². The quantitative estimate of drug-likeness (QED) is 0.567. The number of hydrogen-bond acceptors (Lipinski definition) is 3. The number of aryl methyl sites for hydroxylation is 2. The van der Waals surface area contributed by atoms with E-state index in [9.17, 15) is 13.0 Å². The lowest BCUT2D eigenvalue weighted by molar-refractivity contribution is -0.676. The van der Waals surface area contributed by atoms with Gasteiger partial charge in [0, 0.05) is 12.7 Å². The standard InChI is InChI=1S/C5H8N2.C3H8O3S/c1-5-6-3-4-7(5)2;1-2-3-7(4,5)6/h3-4H,1-2H3;2-3H2,1H3,(H,4,5,6). The first-order valence-electron chi connectivity index (χ1n) is 4.30. The summed E-state index contributed by atoms with van der Waals surface area (Å²) in [5, 5.41) is 0. The highest BCUT2D eigenvalue weighted by atomic mass is 32.2. The van der Waals surface area contributed by atoms with Gasteiger partial charge in [0.15, 0.2) is 0 Å². The van der Waals surface area contributed by atoms with E-state index in [-0.39, 0.29) is 5.75 Å². The summed E-state index contributed by atoms with van der Waals surface area (Å²) >= 11 is 0. The van der Waals surface area contributed by atoms with Gasteiger partial charge in [0.1, 0.15) is 12.4 Å². The molecule has 0 aliphatic carbocycles. The normalized spacial score (nSPS) is 10.6. The Hall–Kier alpha value is -0.880. The maximum atomic E-state index is 9.68. The molecule has 5 nitrogen and oxygen atoms in total. The number of rotatable bonds is 2. The van der Waals surface area contributed by atoms with Crippen molar-refractivity contribution >= 4 is 10.1 Å². The molecule has 0 aliphatic heterocycles. The zero-order valence-electron chi connectivity index (χ0n) is 8.65. The number of aromatic amines is 1. The van der Waals surface area contributed by atoms with Gasteiger partial charge in [0.2, 0.25) is 0 Å². The molecule has 0 saturated carbocycles. The molecule has 0 atom stereocenters. The van der Waals surface area contributed by atoms with Gasteiger partial charge in [-0.2, -0.15) is 0 Å². The van der Waals surface area contributed by atoms with Crippen LogP contribution in [-0.2, 0) is 17.2 Å². The predicted octanol–water partition coefficient (Wildman–Crippen LogP) is 0.0892. The van der Waals surface area contributed by atoms with Gasteiger partial charge in [0.05, 0.1) is 17.2 Å². The van der Waals surface area contributed by atoms with E-state index in [1.165, 1.54) is 5.82 Å². The minimum absolute atomic E-state index is 0.243. The van der Waals surface area contributed by atoms with Crippen LogP contribution in [-0.4, -0.2) is 23.7 Å². The van der Waals surface area contributed by atoms with Crippen molar-refractivity contribution in [1.82, 2.24) is 4.98 Å². The number of hydrogen-bond donors (Lipinski definition) is 1. The summed E-state index contributed by atoms with van der Waals surface area (Å²) in [5.74, 6) is 0.938. The molecule has 1 aromatic heterocycles. The monoisotopic (exact) mass is 220 g/mol. The lowest BCUT2D eigenvalue weighted by atomic mass is 10.6. The van der Waals surface area contributed by atoms with Crippen molar-refractivity contribution in [3.8, 4) is 0 Å². The fourth-order valence-corrected chi connectivity index (χ4v) is 1.23. The van der Waals surface area contributed by atoms with Gasteiger partial charge in [-0.25, -0.2) is 18.0 Å². The molecular formula is C8H16N2O3S. The smallest absolute Gasteiger partial charge is 0.250 e. The summed E-state index contributed by atoms with van der Waals surface area (Å²) in [4.78, 5) is 3.03. The molecule has 0 bridgehead atoms. The van der Waals surface area contributed by atoms with Crippen molar-refractivity contribution in [2.75, 3.05) is 5.75 Å². The molecule has 0 unspecified atom stereocenters. The van der Waals surface area contributed by atoms with E-state index < -0.39 is 10.1 Å². The van der Waals surface area contributed by atoms with Gasteiger partial charge in [0.25, 0.3) is 5.82 Å². The predicted molar refractivity (Wildman–Crippen MR) is 51.6 cm³/mol. The molecule has 0 amide bonds. The number of imidazole rings is 1. The van der Waals surface area contributed by atoms with Crippen LogP contribution in [0.3, 0.4) is 0 Å². The largest absolute Gasteiger partial charge is 0.748 e. The minimum atomic E-state index is -3.92. The van der Waals surface area contributed by atoms with Crippen LogP contribution in [0.25, 0.3) is 0 Å². The van der Waals surface area contributed by atoms with Crippen molar-refractivity contribution in [2.45, 2.75) is 20.3 Å². The third-order valence-corrected chi connectivity index (χ3v) is 2.48. The lowest BCUT2D eigenvalue weighted by Crippen LogP contribution is -2.27. The molecule has 1 rings (SSSR count). The molecule has 14 heavy (non-hydrogen) atoms. The van der Waals surface area contributed by atoms with Gasteiger partial charge in [-0.1, -0.05) is 6.92 Å². The van der Waals surface area contributed by atoms with E-state index in [1.807, 2.05) is 30.9 Å². The number of aromatic nitrogens is 2. The van der Waals surface area contributed by atoms with E-state index in [0.717, 1.165) is 0 Å². The second-order valence-corrected chi connectivity index (χ2v) is 4.44. The van der Waals surface area contributed by atoms with Gasteiger partial charge < -0.3 is 4.55 Å². The maximum Gasteiger partial charge on any atom is 0.250 e. The molecule has 1 N–H and O–H groups in total. The first kappa shape index (κ1) is 13.1. The number of H-pyrrole nitrogens is 1. The molecule has 0 radical (unpaired) electrons. The highest BCUT2D eigenvalue weighted by molar-refractivity contribution is 7.85. The van der Waals surface area contributed by atoms with Crippen molar-refractivity contribution in [1.29, 1.82) is 0 Å². The Bertz CT molecular complexity index is 340. The molecule has 0 aliphatic rings. The molecule has 1 aromatic rings. The number of nitrogens with zero attached hydrogens (tertiary/aromatic N) is 1. The summed E-state index contributed by atoms with van der Waals surface area (Å²) in [6.07, 6.45) is 4.30. The molecular weight excluding hydrogens is 204 g/mol. The Labute approximate surface area is 84.5 Å². The molecule has 0 aromatic carbocycles. The summed E-state index contributed by atoms with van der Waals surface area (Å²) in [6, 6.07) is 0. The second kappa shape index (κ2) is 5.77. The van der Waals surface area contributed by atoms with Gasteiger partial charge in [-0.05, 0) is 6.42 Å². The highest BCUT2D eigenvalue weighted by Crippen LogP contribution is 1.83. The first-order chi connectivity index (χ1) is 6.37. The maximum absolute atomic E-state index is 9.68. The lowest BCUT2D eigenvalue weighted by Gasteiger charge is -2.00. The van der Waals surface area contributed by atoms with Crippen LogP contribution in [0.2, 0.25) is 0 Å². The second-order valence-electron chi connectivity index (χ2n) is 2.92. The van der Waals surface area contributed by atoms with Crippen molar-refractivity contribution in [2.24, 2.45) is 7.05 Å². The van der Waals surface area contributed by atoms with Gasteiger partial charge in [-0.15, -0.1) is 0 Å². The van der Waals surface area contributed by atoms with Crippen molar-refractivity contribution < 1.29 is 17.5 Å². The summed E-state index contributed by atoms with van der Waals surface area (Å²) in [6.45, 7) is 3.68. The van der Waals surface area contributed by atoms with Crippen LogP contribution in [0.1, 0.15) is 19.2 Å². The van der Waals surface area contributed by atoms with E-state index >= 15 is 0 Å². The average molecular weight is 220 g/mol. The number of nitrogens with one attached hydrogen (secondary N) is 1. The van der Waals surface area contributed by atoms with Gasteiger partial charge in [-0.3, -0.25) is 0 Å². The van der Waals surface area contributed by atoms with Crippen LogP contribution >= 0.6 is 0 Å². The van der Waals surface area contributed by atoms with Crippen LogP contribution in [0.15, 0.2) is 12.4 Å². The Kier molecular flexibility index (Phi) is 5.40. The summed E-state index contributed by atoms with van der Waals surface area (Å²) in [7, 11) is -1.92. The molecule has 6 heteroatoms. The van der Waals surface area contributed by atoms with E-state index in [0.29, 0.717) is 6.42 Å². The van der Waals surface area contributed by atoms with E-state index in [4.69, 9.17) is 0 Å². The van der Waals surface area contributed by atoms with Crippen molar-refractivity contribution in [3.05, 3.63) is 18.2 Å². The van der Waals surface area contributed by atoms with E-state index in [1.54, 1.807) is 6.92 Å². The Morgan fingerprint density at radius 1 is 1.57 bits per heavy atom. The SMILES string of the molecule is CCCS(=O)(=O)[O-].Cc1[nH]cc[n+]1C. The molecule has 1 heterocycles. The minimum Gasteiger partial charge on any atom is -0.748 e. The molecule has 82 valence electrons. The highest BCUT2D eigenvalue weighted by Gasteiger charge is 1.93. The third kappa shape index (κ3) is 6.62. The summed E-state index contributed by atoms with van der Waals surface area (Å²) < 4.78 is 31.1. The van der Waals surface area contributed by atoms with Crippen LogP contribution in [0, 0.1) is 6.92 Å². The fraction of sp³-hybridized carbons (Fsp3) is 0.625. The van der Waals surface area contributed by atoms with Crippen LogP contribution in [0.5, 0.6) is 0 Å². The molecule has 0 spiro atoms. The zero-order chi connectivity index (χ0) is 11.2. The molecule has 0 saturated heterocycles.